The lowest BCUT2D eigenvalue weighted by atomic mass is 9.97. The molecule has 5 rings (SSSR count). The Labute approximate surface area is 279 Å². The van der Waals surface area contributed by atoms with E-state index >= 15 is 0 Å². The third-order valence-electron chi connectivity index (χ3n) is 9.66. The fourth-order valence-electron chi connectivity index (χ4n) is 6.30. The van der Waals surface area contributed by atoms with Gasteiger partial charge in [-0.05, 0) is 111 Å². The van der Waals surface area contributed by atoms with E-state index in [0.717, 1.165) is 78.7 Å². The average Bonchev–Trinajstić information content (AvgIpc) is 3.66. The van der Waals surface area contributed by atoms with E-state index in [9.17, 15) is 29.4 Å². The number of hydrogen-bond donors (Lipinski definition) is 6. The SMILES string of the molecule is CC1=C(C)/C(=C/c2[nH]c(Cc3ccc(Cc4[nH]c(/C=C5\NC(=O)C(C)=C5C)c(C)c4CCC(=O)O)cc3)c(CCC(=O)O)c2C)NC1=O. The predicted octanol–water partition coefficient (Wildman–Crippen LogP) is 5.79. The fraction of sp³-hybridized carbons (Fsp3) is 0.316. The van der Waals surface area contributed by atoms with Crippen LogP contribution in [0.1, 0.15) is 96.7 Å². The van der Waals surface area contributed by atoms with Crippen molar-refractivity contribution in [3.8, 4) is 0 Å². The van der Waals surface area contributed by atoms with Crippen molar-refractivity contribution >= 4 is 35.9 Å². The average molecular weight is 651 g/mol. The van der Waals surface area contributed by atoms with E-state index in [1.165, 1.54) is 0 Å². The highest BCUT2D eigenvalue weighted by molar-refractivity contribution is 6.01. The van der Waals surface area contributed by atoms with Gasteiger partial charge in [-0.3, -0.25) is 19.2 Å². The Balaban J connectivity index is 1.40. The first kappa shape index (κ1) is 34.0. The van der Waals surface area contributed by atoms with Crippen LogP contribution in [0, 0.1) is 13.8 Å². The third-order valence-corrected chi connectivity index (χ3v) is 9.66. The van der Waals surface area contributed by atoms with Crippen LogP contribution < -0.4 is 10.6 Å². The summed E-state index contributed by atoms with van der Waals surface area (Å²) in [5.41, 5.74) is 14.1. The van der Waals surface area contributed by atoms with Crippen molar-refractivity contribution in [1.29, 1.82) is 0 Å². The number of nitrogens with one attached hydrogen (secondary N) is 4. The number of amides is 2. The Morgan fingerprint density at radius 3 is 1.25 bits per heavy atom. The first-order valence-electron chi connectivity index (χ1n) is 16.1. The first-order valence-corrected chi connectivity index (χ1v) is 16.1. The van der Waals surface area contributed by atoms with Gasteiger partial charge in [-0.1, -0.05) is 24.3 Å². The van der Waals surface area contributed by atoms with Crippen LogP contribution in [0.5, 0.6) is 0 Å². The van der Waals surface area contributed by atoms with Gasteiger partial charge in [0.15, 0.2) is 0 Å². The maximum atomic E-state index is 12.2. The van der Waals surface area contributed by atoms with Crippen molar-refractivity contribution in [2.45, 2.75) is 80.1 Å². The number of hydrogen-bond acceptors (Lipinski definition) is 4. The number of carbonyl (C=O) groups excluding carboxylic acids is 2. The highest BCUT2D eigenvalue weighted by atomic mass is 16.4. The van der Waals surface area contributed by atoms with Crippen LogP contribution >= 0.6 is 0 Å². The molecule has 0 aliphatic carbocycles. The van der Waals surface area contributed by atoms with E-state index in [1.54, 1.807) is 13.8 Å². The molecule has 10 nitrogen and oxygen atoms in total. The zero-order chi connectivity index (χ0) is 34.9. The maximum Gasteiger partial charge on any atom is 0.303 e. The number of aliphatic carboxylic acids is 2. The van der Waals surface area contributed by atoms with Crippen LogP contribution in [-0.4, -0.2) is 43.9 Å². The Kier molecular flexibility index (Phi) is 9.74. The van der Waals surface area contributed by atoms with Crippen molar-refractivity contribution in [2.24, 2.45) is 0 Å². The molecule has 0 spiro atoms. The molecule has 2 aliphatic heterocycles. The van der Waals surface area contributed by atoms with Crippen LogP contribution in [0.25, 0.3) is 12.2 Å². The molecule has 250 valence electrons. The summed E-state index contributed by atoms with van der Waals surface area (Å²) in [5.74, 6) is -1.95. The largest absolute Gasteiger partial charge is 0.481 e. The van der Waals surface area contributed by atoms with Gasteiger partial charge in [-0.25, -0.2) is 0 Å². The van der Waals surface area contributed by atoms with Crippen LogP contribution in [0.15, 0.2) is 58.0 Å². The monoisotopic (exact) mass is 650 g/mol. The van der Waals surface area contributed by atoms with Gasteiger partial charge in [0.1, 0.15) is 0 Å². The number of carbonyl (C=O) groups is 4. The number of carboxylic acids is 2. The lowest BCUT2D eigenvalue weighted by Gasteiger charge is -2.08. The van der Waals surface area contributed by atoms with E-state index < -0.39 is 11.9 Å². The van der Waals surface area contributed by atoms with E-state index in [1.807, 2.05) is 39.8 Å². The Morgan fingerprint density at radius 1 is 0.604 bits per heavy atom. The highest BCUT2D eigenvalue weighted by Gasteiger charge is 2.23. The molecular formula is C38H42N4O6. The fourth-order valence-corrected chi connectivity index (χ4v) is 6.30. The number of aromatic amines is 2. The molecule has 0 saturated carbocycles. The molecule has 6 N–H and O–H groups in total. The lowest BCUT2D eigenvalue weighted by Crippen LogP contribution is -2.15. The quantitative estimate of drug-likeness (QED) is 0.145. The smallest absolute Gasteiger partial charge is 0.303 e. The van der Waals surface area contributed by atoms with Gasteiger partial charge in [0.05, 0.1) is 0 Å². The molecule has 0 bridgehead atoms. The lowest BCUT2D eigenvalue weighted by molar-refractivity contribution is -0.138. The van der Waals surface area contributed by atoms with Gasteiger partial charge < -0.3 is 30.8 Å². The summed E-state index contributed by atoms with van der Waals surface area (Å²) < 4.78 is 0. The van der Waals surface area contributed by atoms with E-state index in [2.05, 4.69) is 44.9 Å². The van der Waals surface area contributed by atoms with Crippen molar-refractivity contribution < 1.29 is 29.4 Å². The molecule has 10 heteroatoms. The van der Waals surface area contributed by atoms with Gasteiger partial charge in [0, 0.05) is 71.0 Å². The minimum absolute atomic E-state index is 0.00962. The first-order chi connectivity index (χ1) is 22.7. The van der Waals surface area contributed by atoms with Crippen molar-refractivity contribution in [3.63, 3.8) is 0 Å². The van der Waals surface area contributed by atoms with Gasteiger partial charge >= 0.3 is 11.9 Å². The predicted molar refractivity (Wildman–Crippen MR) is 184 cm³/mol. The molecule has 2 aromatic heterocycles. The number of aromatic nitrogens is 2. The minimum atomic E-state index is -0.861. The number of benzene rings is 1. The highest BCUT2D eigenvalue weighted by Crippen LogP contribution is 2.30. The second kappa shape index (κ2) is 13.8. The maximum absolute atomic E-state index is 12.2. The Morgan fingerprint density at radius 2 is 0.958 bits per heavy atom. The zero-order valence-electron chi connectivity index (χ0n) is 28.2. The summed E-state index contributed by atoms with van der Waals surface area (Å²) in [4.78, 5) is 54.3. The molecule has 0 fully saturated rings. The van der Waals surface area contributed by atoms with Gasteiger partial charge in [-0.2, -0.15) is 0 Å². The molecule has 2 aliphatic rings. The molecule has 4 heterocycles. The molecule has 0 saturated heterocycles. The zero-order valence-corrected chi connectivity index (χ0v) is 28.2. The molecule has 0 radical (unpaired) electrons. The van der Waals surface area contributed by atoms with E-state index in [-0.39, 0.29) is 24.7 Å². The number of allylic oxidation sites excluding steroid dienone is 2. The normalized spacial score (nSPS) is 16.5. The van der Waals surface area contributed by atoms with Crippen molar-refractivity contribution in [2.75, 3.05) is 0 Å². The number of carboxylic acid groups (broad SMARTS) is 2. The molecule has 3 aromatic rings. The second-order valence-electron chi connectivity index (χ2n) is 12.7. The van der Waals surface area contributed by atoms with Gasteiger partial charge in [0.2, 0.25) is 0 Å². The standard InChI is InChI=1S/C38H42N4O6/c1-19-21(3)37(47)41-29(19)17-31-23(5)27(11-13-35(43)44)33(39-31)15-25-7-9-26(10-8-25)16-34-28(12-14-36(45)46)24(6)32(40-34)18-30-20(2)22(4)38(48)42-30/h7-10,17-18,39-40H,11-16H2,1-6H3,(H,41,47)(H,42,48)(H,43,44)(H,45,46)/b29-17-,30-18-. The van der Waals surface area contributed by atoms with Crippen LogP contribution in [0.2, 0.25) is 0 Å². The van der Waals surface area contributed by atoms with Crippen LogP contribution in [0.3, 0.4) is 0 Å². The molecule has 48 heavy (non-hydrogen) atoms. The van der Waals surface area contributed by atoms with Crippen molar-refractivity contribution in [1.82, 2.24) is 20.6 Å². The topological polar surface area (TPSA) is 164 Å². The molecule has 2 amide bonds. The van der Waals surface area contributed by atoms with Gasteiger partial charge in [-0.15, -0.1) is 0 Å². The minimum Gasteiger partial charge on any atom is -0.481 e. The number of H-pyrrole nitrogens is 2. The van der Waals surface area contributed by atoms with E-state index in [0.29, 0.717) is 36.8 Å². The van der Waals surface area contributed by atoms with E-state index in [4.69, 9.17) is 0 Å². The Hall–Kier alpha value is -5.38. The third kappa shape index (κ3) is 7.12. The molecule has 1 aromatic carbocycles. The van der Waals surface area contributed by atoms with Crippen LogP contribution in [-0.2, 0) is 44.9 Å². The summed E-state index contributed by atoms with van der Waals surface area (Å²) in [6.07, 6.45) is 5.76. The van der Waals surface area contributed by atoms with Crippen molar-refractivity contribution in [3.05, 3.63) is 114 Å². The summed E-state index contributed by atoms with van der Waals surface area (Å²) in [6.45, 7) is 11.3. The Bertz CT molecular complexity index is 1820. The van der Waals surface area contributed by atoms with Crippen LogP contribution in [0.4, 0.5) is 0 Å². The molecule has 0 atom stereocenters. The number of rotatable bonds is 12. The summed E-state index contributed by atoms with van der Waals surface area (Å²) in [7, 11) is 0. The molecule has 0 unspecified atom stereocenters. The summed E-state index contributed by atoms with van der Waals surface area (Å²) >= 11 is 0. The van der Waals surface area contributed by atoms with Gasteiger partial charge in [0.25, 0.3) is 11.8 Å². The summed E-state index contributed by atoms with van der Waals surface area (Å²) in [6, 6.07) is 8.22. The summed E-state index contributed by atoms with van der Waals surface area (Å²) in [5, 5.41) is 24.6. The molecular weight excluding hydrogens is 608 g/mol. The second-order valence-corrected chi connectivity index (χ2v) is 12.7.